The lowest BCUT2D eigenvalue weighted by atomic mass is 10.1. The molecule has 0 saturated carbocycles. The molecule has 3 N–H and O–H groups in total. The third-order valence-corrected chi connectivity index (χ3v) is 4.20. The maximum absolute atomic E-state index is 11.8. The summed E-state index contributed by atoms with van der Waals surface area (Å²) in [7, 11) is 1.60. The number of methoxy groups -OCH3 is 1. The van der Waals surface area contributed by atoms with Gasteiger partial charge in [-0.2, -0.15) is 0 Å². The summed E-state index contributed by atoms with van der Waals surface area (Å²) in [5.74, 6) is 1.32. The molecule has 1 aliphatic rings. The topological polar surface area (TPSA) is 93.2 Å². The van der Waals surface area contributed by atoms with Crippen LogP contribution in [0.2, 0.25) is 0 Å². The van der Waals surface area contributed by atoms with Gasteiger partial charge in [-0.3, -0.25) is 4.79 Å². The second-order valence-corrected chi connectivity index (χ2v) is 6.61. The number of hydrogen-bond acceptors (Lipinski definition) is 5. The summed E-state index contributed by atoms with van der Waals surface area (Å²) in [5.41, 5.74) is 2.14. The minimum atomic E-state index is -0.108. The molecule has 9 heteroatoms. The molecule has 29 heavy (non-hydrogen) atoms. The molecule has 0 radical (unpaired) electrons. The number of nitrogens with one attached hydrogen (secondary N) is 3. The van der Waals surface area contributed by atoms with Gasteiger partial charge in [0.25, 0.3) is 0 Å². The van der Waals surface area contributed by atoms with Gasteiger partial charge in [-0.05, 0) is 25.5 Å². The number of hydrogen-bond donors (Lipinski definition) is 3. The van der Waals surface area contributed by atoms with Crippen molar-refractivity contribution in [3.8, 4) is 5.75 Å². The van der Waals surface area contributed by atoms with Crippen LogP contribution in [0.4, 0.5) is 0 Å². The molecule has 1 unspecified atom stereocenters. The number of aryl methyl sites for hydroxylation is 1. The number of guanidine groups is 1. The van der Waals surface area contributed by atoms with Gasteiger partial charge in [-0.15, -0.1) is 24.0 Å². The minimum Gasteiger partial charge on any atom is -0.488 e. The Morgan fingerprint density at radius 2 is 2.14 bits per heavy atom. The van der Waals surface area contributed by atoms with Gasteiger partial charge in [-0.1, -0.05) is 12.1 Å². The van der Waals surface area contributed by atoms with Crippen LogP contribution in [0, 0.1) is 6.92 Å². The fraction of sp³-hybridized carbons (Fsp3) is 0.600. The van der Waals surface area contributed by atoms with E-state index in [-0.39, 0.29) is 42.5 Å². The number of aliphatic imine (C=N–C) groups is 1. The molecule has 1 aromatic rings. The van der Waals surface area contributed by atoms with Crippen molar-refractivity contribution in [2.45, 2.75) is 32.9 Å². The summed E-state index contributed by atoms with van der Waals surface area (Å²) in [5, 5.41) is 8.97. The van der Waals surface area contributed by atoms with Gasteiger partial charge in [0.15, 0.2) is 5.96 Å². The zero-order chi connectivity index (χ0) is 20.2. The third kappa shape index (κ3) is 9.64. The van der Waals surface area contributed by atoms with Gasteiger partial charge in [-0.25, -0.2) is 4.99 Å². The highest BCUT2D eigenvalue weighted by molar-refractivity contribution is 14.0. The average Bonchev–Trinajstić information content (AvgIpc) is 3.18. The fourth-order valence-electron chi connectivity index (χ4n) is 2.71. The van der Waals surface area contributed by atoms with E-state index in [2.05, 4.69) is 20.9 Å². The molecule has 0 bridgehead atoms. The van der Waals surface area contributed by atoms with Crippen LogP contribution in [0.15, 0.2) is 23.2 Å². The quantitative estimate of drug-likeness (QED) is 0.188. The van der Waals surface area contributed by atoms with E-state index in [9.17, 15) is 4.79 Å². The van der Waals surface area contributed by atoms with E-state index < -0.39 is 0 Å². The first-order valence-electron chi connectivity index (χ1n) is 9.74. The highest BCUT2D eigenvalue weighted by Crippen LogP contribution is 2.24. The van der Waals surface area contributed by atoms with Crippen molar-refractivity contribution < 1.29 is 19.0 Å². The number of rotatable bonds is 10. The Hall–Kier alpha value is -1.59. The van der Waals surface area contributed by atoms with E-state index in [0.717, 1.165) is 29.9 Å². The highest BCUT2D eigenvalue weighted by atomic mass is 127. The van der Waals surface area contributed by atoms with E-state index in [1.807, 2.05) is 32.0 Å². The Morgan fingerprint density at radius 1 is 1.31 bits per heavy atom. The molecule has 0 aromatic heterocycles. The summed E-state index contributed by atoms with van der Waals surface area (Å²) in [6, 6.07) is 6.12. The lowest BCUT2D eigenvalue weighted by Crippen LogP contribution is -2.43. The summed E-state index contributed by atoms with van der Waals surface area (Å²) in [4.78, 5) is 16.4. The Bertz CT molecular complexity index is 651. The standard InChI is InChI=1S/C20H32N4O4.HI/c1-4-21-20(24-13-19(25)22-8-10-26-3)23-12-16-6-5-15(2)11-18(16)28-17-7-9-27-14-17;/h5-6,11,17H,4,7-10,12-14H2,1-3H3,(H,22,25)(H2,21,23,24);1H. The summed E-state index contributed by atoms with van der Waals surface area (Å²) in [6.45, 7) is 7.66. The number of ether oxygens (including phenoxy) is 3. The van der Waals surface area contributed by atoms with Gasteiger partial charge in [0, 0.05) is 32.2 Å². The Labute approximate surface area is 190 Å². The molecular formula is C20H33IN4O4. The van der Waals surface area contributed by atoms with Crippen molar-refractivity contribution in [1.29, 1.82) is 0 Å². The molecule has 1 amide bonds. The third-order valence-electron chi connectivity index (χ3n) is 4.20. The minimum absolute atomic E-state index is 0. The van der Waals surface area contributed by atoms with Crippen molar-refractivity contribution >= 4 is 35.8 Å². The average molecular weight is 520 g/mol. The monoisotopic (exact) mass is 520 g/mol. The first-order chi connectivity index (χ1) is 13.6. The van der Waals surface area contributed by atoms with Crippen LogP contribution in [0.3, 0.4) is 0 Å². The van der Waals surface area contributed by atoms with Crippen molar-refractivity contribution in [2.24, 2.45) is 4.99 Å². The van der Waals surface area contributed by atoms with Crippen molar-refractivity contribution in [1.82, 2.24) is 16.0 Å². The molecule has 1 saturated heterocycles. The van der Waals surface area contributed by atoms with Gasteiger partial charge in [0.2, 0.25) is 5.91 Å². The predicted molar refractivity (Wildman–Crippen MR) is 124 cm³/mol. The molecule has 1 aromatic carbocycles. The molecule has 0 aliphatic carbocycles. The van der Waals surface area contributed by atoms with Crippen molar-refractivity contribution in [3.05, 3.63) is 29.3 Å². The first-order valence-corrected chi connectivity index (χ1v) is 9.74. The van der Waals surface area contributed by atoms with Crippen LogP contribution in [-0.4, -0.2) is 64.5 Å². The SMILES string of the molecule is CCNC(=NCc1ccc(C)cc1OC1CCOC1)NCC(=O)NCCOC.I. The second-order valence-electron chi connectivity index (χ2n) is 6.61. The van der Waals surface area contributed by atoms with Gasteiger partial charge in [0.1, 0.15) is 11.9 Å². The Kier molecular flexibility index (Phi) is 12.6. The number of carbonyl (C=O) groups excluding carboxylic acids is 1. The normalized spacial score (nSPS) is 16.1. The largest absolute Gasteiger partial charge is 0.488 e. The molecule has 0 spiro atoms. The zero-order valence-corrected chi connectivity index (χ0v) is 19.8. The van der Waals surface area contributed by atoms with E-state index in [4.69, 9.17) is 14.2 Å². The van der Waals surface area contributed by atoms with Crippen LogP contribution >= 0.6 is 24.0 Å². The lowest BCUT2D eigenvalue weighted by Gasteiger charge is -2.16. The van der Waals surface area contributed by atoms with Gasteiger partial charge in [0.05, 0.1) is 32.9 Å². The molecule has 1 heterocycles. The van der Waals surface area contributed by atoms with Crippen LogP contribution < -0.4 is 20.7 Å². The molecule has 1 atom stereocenters. The van der Waals surface area contributed by atoms with Gasteiger partial charge < -0.3 is 30.2 Å². The van der Waals surface area contributed by atoms with Crippen molar-refractivity contribution in [3.63, 3.8) is 0 Å². The molecule has 1 aliphatic heterocycles. The smallest absolute Gasteiger partial charge is 0.239 e. The highest BCUT2D eigenvalue weighted by Gasteiger charge is 2.18. The molecule has 164 valence electrons. The van der Waals surface area contributed by atoms with Crippen LogP contribution in [0.5, 0.6) is 5.75 Å². The van der Waals surface area contributed by atoms with Crippen molar-refractivity contribution in [2.75, 3.05) is 46.6 Å². The lowest BCUT2D eigenvalue weighted by molar-refractivity contribution is -0.120. The summed E-state index contributed by atoms with van der Waals surface area (Å²) in [6.07, 6.45) is 0.991. The molecule has 2 rings (SSSR count). The van der Waals surface area contributed by atoms with Crippen LogP contribution in [-0.2, 0) is 20.8 Å². The number of nitrogens with zero attached hydrogens (tertiary/aromatic N) is 1. The summed E-state index contributed by atoms with van der Waals surface area (Å²) < 4.78 is 16.4. The number of halogens is 1. The Morgan fingerprint density at radius 3 is 2.83 bits per heavy atom. The van der Waals surface area contributed by atoms with Gasteiger partial charge >= 0.3 is 0 Å². The maximum Gasteiger partial charge on any atom is 0.239 e. The summed E-state index contributed by atoms with van der Waals surface area (Å²) >= 11 is 0. The predicted octanol–water partition coefficient (Wildman–Crippen LogP) is 1.60. The van der Waals surface area contributed by atoms with E-state index >= 15 is 0 Å². The molecule has 8 nitrogen and oxygen atoms in total. The number of benzene rings is 1. The first kappa shape index (κ1) is 25.4. The van der Waals surface area contributed by atoms with Crippen LogP contribution in [0.25, 0.3) is 0 Å². The number of carbonyl (C=O) groups is 1. The number of amides is 1. The second kappa shape index (κ2) is 14.4. The van der Waals surface area contributed by atoms with Crippen LogP contribution in [0.1, 0.15) is 24.5 Å². The fourth-order valence-corrected chi connectivity index (χ4v) is 2.71. The van der Waals surface area contributed by atoms with E-state index in [0.29, 0.717) is 38.8 Å². The zero-order valence-electron chi connectivity index (χ0n) is 17.5. The van der Waals surface area contributed by atoms with E-state index in [1.54, 1.807) is 7.11 Å². The molecular weight excluding hydrogens is 487 g/mol. The Balaban J connectivity index is 0.00000420. The molecule has 1 fully saturated rings. The van der Waals surface area contributed by atoms with E-state index in [1.165, 1.54) is 0 Å². The maximum atomic E-state index is 11.8.